The molecule has 0 saturated carbocycles. The SMILES string of the molecule is COCCCCCNS(=O)(=O)c1ccc(CBr)cc1. The van der Waals surface area contributed by atoms with Crippen LogP contribution < -0.4 is 4.72 Å². The van der Waals surface area contributed by atoms with E-state index in [1.54, 1.807) is 19.2 Å². The van der Waals surface area contributed by atoms with Gasteiger partial charge in [-0.05, 0) is 37.0 Å². The number of halogens is 1. The Morgan fingerprint density at radius 1 is 1.16 bits per heavy atom. The van der Waals surface area contributed by atoms with Gasteiger partial charge in [-0.25, -0.2) is 13.1 Å². The maximum absolute atomic E-state index is 12.0. The largest absolute Gasteiger partial charge is 0.385 e. The van der Waals surface area contributed by atoms with Crippen molar-refractivity contribution in [1.82, 2.24) is 4.72 Å². The van der Waals surface area contributed by atoms with Crippen LogP contribution >= 0.6 is 15.9 Å². The van der Waals surface area contributed by atoms with Crippen molar-refractivity contribution in [1.29, 1.82) is 0 Å². The summed E-state index contributed by atoms with van der Waals surface area (Å²) in [6.45, 7) is 1.19. The number of benzene rings is 1. The van der Waals surface area contributed by atoms with Crippen LogP contribution in [0.4, 0.5) is 0 Å². The maximum atomic E-state index is 12.0. The van der Waals surface area contributed by atoms with Crippen LogP contribution in [0.25, 0.3) is 0 Å². The quantitative estimate of drug-likeness (QED) is 0.550. The van der Waals surface area contributed by atoms with Crippen molar-refractivity contribution in [3.05, 3.63) is 29.8 Å². The van der Waals surface area contributed by atoms with Gasteiger partial charge in [-0.2, -0.15) is 0 Å². The number of sulfonamides is 1. The van der Waals surface area contributed by atoms with Crippen molar-refractivity contribution in [3.63, 3.8) is 0 Å². The maximum Gasteiger partial charge on any atom is 0.240 e. The molecule has 1 N–H and O–H groups in total. The fourth-order valence-corrected chi connectivity index (χ4v) is 3.04. The molecule has 4 nitrogen and oxygen atoms in total. The normalized spacial score (nSPS) is 11.7. The van der Waals surface area contributed by atoms with Gasteiger partial charge in [-0.3, -0.25) is 0 Å². The number of alkyl halides is 1. The lowest BCUT2D eigenvalue weighted by atomic mass is 10.2. The molecule has 0 aliphatic rings. The molecule has 0 saturated heterocycles. The van der Waals surface area contributed by atoms with Crippen LogP contribution in [0.1, 0.15) is 24.8 Å². The van der Waals surface area contributed by atoms with Crippen molar-refractivity contribution in [2.24, 2.45) is 0 Å². The standard InChI is InChI=1S/C13H20BrNO3S/c1-18-10-4-2-3-9-15-19(16,17)13-7-5-12(11-14)6-8-13/h5-8,15H,2-4,9-11H2,1H3. The zero-order valence-electron chi connectivity index (χ0n) is 11.1. The number of hydrogen-bond donors (Lipinski definition) is 1. The van der Waals surface area contributed by atoms with Crippen LogP contribution in [0.15, 0.2) is 29.2 Å². The Morgan fingerprint density at radius 2 is 1.84 bits per heavy atom. The first kappa shape index (κ1) is 16.6. The molecule has 0 aromatic heterocycles. The third kappa shape index (κ3) is 6.03. The highest BCUT2D eigenvalue weighted by Gasteiger charge is 2.12. The Morgan fingerprint density at radius 3 is 2.42 bits per heavy atom. The highest BCUT2D eigenvalue weighted by Crippen LogP contribution is 2.12. The van der Waals surface area contributed by atoms with Gasteiger partial charge in [0.25, 0.3) is 0 Å². The molecule has 0 fully saturated rings. The Balaban J connectivity index is 2.42. The topological polar surface area (TPSA) is 55.4 Å². The van der Waals surface area contributed by atoms with E-state index in [9.17, 15) is 8.42 Å². The van der Waals surface area contributed by atoms with Crippen molar-refractivity contribution in [2.75, 3.05) is 20.3 Å². The van der Waals surface area contributed by atoms with Gasteiger partial charge in [0.05, 0.1) is 4.90 Å². The van der Waals surface area contributed by atoms with Crippen LogP contribution in [0.3, 0.4) is 0 Å². The molecule has 0 radical (unpaired) electrons. The van der Waals surface area contributed by atoms with E-state index in [1.807, 2.05) is 12.1 Å². The second-order valence-corrected chi connectivity index (χ2v) is 6.56. The van der Waals surface area contributed by atoms with Crippen LogP contribution in [0.2, 0.25) is 0 Å². The summed E-state index contributed by atoms with van der Waals surface area (Å²) < 4.78 is 31.5. The van der Waals surface area contributed by atoms with E-state index in [1.165, 1.54) is 0 Å². The van der Waals surface area contributed by atoms with E-state index < -0.39 is 10.0 Å². The lowest BCUT2D eigenvalue weighted by Gasteiger charge is -2.07. The second-order valence-electron chi connectivity index (χ2n) is 4.23. The van der Waals surface area contributed by atoms with Crippen molar-refractivity contribution in [2.45, 2.75) is 29.5 Å². The van der Waals surface area contributed by atoms with Gasteiger partial charge in [-0.1, -0.05) is 28.1 Å². The van der Waals surface area contributed by atoms with Crippen LogP contribution in [0.5, 0.6) is 0 Å². The summed E-state index contributed by atoms with van der Waals surface area (Å²) >= 11 is 3.33. The number of rotatable bonds is 9. The molecule has 0 atom stereocenters. The lowest BCUT2D eigenvalue weighted by Crippen LogP contribution is -2.24. The summed E-state index contributed by atoms with van der Waals surface area (Å²) in [6.07, 6.45) is 2.74. The molecule has 0 heterocycles. The first-order chi connectivity index (χ1) is 9.10. The summed E-state index contributed by atoms with van der Waals surface area (Å²) in [6, 6.07) is 6.87. The van der Waals surface area contributed by atoms with E-state index in [2.05, 4.69) is 20.7 Å². The molecule has 0 aliphatic heterocycles. The third-order valence-corrected chi connectivity index (χ3v) is 4.83. The van der Waals surface area contributed by atoms with Gasteiger partial charge in [-0.15, -0.1) is 0 Å². The Hall–Kier alpha value is -0.430. The molecule has 0 aliphatic carbocycles. The predicted octanol–water partition coefficient (Wildman–Crippen LogP) is 2.68. The molecule has 6 heteroatoms. The molecule has 0 amide bonds. The number of unbranched alkanes of at least 4 members (excludes halogenated alkanes) is 2. The van der Waals surface area contributed by atoms with E-state index in [4.69, 9.17) is 4.74 Å². The van der Waals surface area contributed by atoms with E-state index >= 15 is 0 Å². The van der Waals surface area contributed by atoms with E-state index in [0.717, 1.165) is 36.8 Å². The zero-order valence-corrected chi connectivity index (χ0v) is 13.5. The number of methoxy groups -OCH3 is 1. The van der Waals surface area contributed by atoms with Gasteiger partial charge in [0.2, 0.25) is 10.0 Å². The van der Waals surface area contributed by atoms with E-state index in [0.29, 0.717) is 11.4 Å². The highest BCUT2D eigenvalue weighted by molar-refractivity contribution is 9.08. The summed E-state index contributed by atoms with van der Waals surface area (Å²) in [5, 5.41) is 0.722. The first-order valence-electron chi connectivity index (χ1n) is 6.23. The fraction of sp³-hybridized carbons (Fsp3) is 0.538. The predicted molar refractivity (Wildman–Crippen MR) is 80.0 cm³/mol. The smallest absolute Gasteiger partial charge is 0.240 e. The molecular weight excluding hydrogens is 330 g/mol. The minimum atomic E-state index is -3.37. The van der Waals surface area contributed by atoms with E-state index in [-0.39, 0.29) is 0 Å². The van der Waals surface area contributed by atoms with Gasteiger partial charge in [0.1, 0.15) is 0 Å². The van der Waals surface area contributed by atoms with Crippen molar-refractivity contribution in [3.8, 4) is 0 Å². The molecule has 1 aromatic carbocycles. The van der Waals surface area contributed by atoms with Crippen LogP contribution in [-0.2, 0) is 20.1 Å². The molecular formula is C13H20BrNO3S. The minimum Gasteiger partial charge on any atom is -0.385 e. The zero-order chi connectivity index (χ0) is 14.1. The molecule has 108 valence electrons. The average molecular weight is 350 g/mol. The monoisotopic (exact) mass is 349 g/mol. The molecule has 0 unspecified atom stereocenters. The summed E-state index contributed by atoms with van der Waals surface area (Å²) in [7, 11) is -1.71. The number of ether oxygens (including phenoxy) is 1. The number of nitrogens with one attached hydrogen (secondary N) is 1. The lowest BCUT2D eigenvalue weighted by molar-refractivity contribution is 0.192. The van der Waals surface area contributed by atoms with Gasteiger partial charge < -0.3 is 4.74 Å². The molecule has 19 heavy (non-hydrogen) atoms. The Bertz CT molecular complexity index is 459. The van der Waals surface area contributed by atoms with Gasteiger partial charge in [0, 0.05) is 25.6 Å². The van der Waals surface area contributed by atoms with Crippen molar-refractivity contribution < 1.29 is 13.2 Å². The number of hydrogen-bond acceptors (Lipinski definition) is 3. The van der Waals surface area contributed by atoms with Crippen LogP contribution in [0, 0.1) is 0 Å². The average Bonchev–Trinajstić information content (AvgIpc) is 2.43. The van der Waals surface area contributed by atoms with Crippen LogP contribution in [-0.4, -0.2) is 28.7 Å². The van der Waals surface area contributed by atoms with Crippen molar-refractivity contribution >= 4 is 26.0 Å². The van der Waals surface area contributed by atoms with Gasteiger partial charge in [0.15, 0.2) is 0 Å². The second kappa shape index (κ2) is 8.68. The summed E-state index contributed by atoms with van der Waals surface area (Å²) in [5.74, 6) is 0. The summed E-state index contributed by atoms with van der Waals surface area (Å²) in [5.41, 5.74) is 1.05. The summed E-state index contributed by atoms with van der Waals surface area (Å²) in [4.78, 5) is 0.314. The fourth-order valence-electron chi connectivity index (χ4n) is 1.60. The molecule has 0 bridgehead atoms. The highest BCUT2D eigenvalue weighted by atomic mass is 79.9. The molecule has 1 aromatic rings. The van der Waals surface area contributed by atoms with Gasteiger partial charge >= 0.3 is 0 Å². The molecule has 0 spiro atoms. The third-order valence-electron chi connectivity index (χ3n) is 2.71. The minimum absolute atomic E-state index is 0.314. The Kier molecular flexibility index (Phi) is 7.60. The first-order valence-corrected chi connectivity index (χ1v) is 8.84. The Labute approximate surface area is 123 Å². The molecule has 1 rings (SSSR count).